The summed E-state index contributed by atoms with van der Waals surface area (Å²) in [4.78, 5) is 14.3. The van der Waals surface area contributed by atoms with E-state index in [0.29, 0.717) is 30.0 Å². The largest absolute Gasteiger partial charge is 0.460 e. The lowest BCUT2D eigenvalue weighted by Crippen LogP contribution is -2.40. The third-order valence-corrected chi connectivity index (χ3v) is 9.02. The molecule has 0 spiro atoms. The zero-order valence-electron chi connectivity index (χ0n) is 17.8. The molecule has 1 aliphatic heterocycles. The molecular formula is C22H27ClN2O4S2. The molecule has 0 aliphatic carbocycles. The predicted octanol–water partition coefficient (Wildman–Crippen LogP) is 4.04. The van der Waals surface area contributed by atoms with Crippen molar-refractivity contribution in [2.45, 2.75) is 44.0 Å². The van der Waals surface area contributed by atoms with Gasteiger partial charge in [-0.15, -0.1) is 23.7 Å². The molecule has 0 saturated carbocycles. The molecule has 31 heavy (non-hydrogen) atoms. The lowest BCUT2D eigenvalue weighted by Gasteiger charge is -2.31. The molecule has 1 aromatic heterocycles. The fourth-order valence-corrected chi connectivity index (χ4v) is 7.15. The number of hydrogen-bond acceptors (Lipinski definition) is 7. The molecule has 168 valence electrons. The zero-order chi connectivity index (χ0) is 22.0. The summed E-state index contributed by atoms with van der Waals surface area (Å²) >= 11 is 1.38. The maximum absolute atomic E-state index is 13.4. The molecule has 1 aliphatic rings. The van der Waals surface area contributed by atoms with Gasteiger partial charge in [-0.2, -0.15) is 5.26 Å². The SMILES string of the molecule is CC(C)(C)OC(=O)CC1(c2ccc(-c3ccc(C#N)cc3)s2)CCNCCS1(=O)=O.Cl. The lowest BCUT2D eigenvalue weighted by atomic mass is 9.97. The van der Waals surface area contributed by atoms with Crippen molar-refractivity contribution >= 4 is 39.6 Å². The Morgan fingerprint density at radius 3 is 2.48 bits per heavy atom. The van der Waals surface area contributed by atoms with Crippen LogP contribution in [0, 0.1) is 11.3 Å². The Morgan fingerprint density at radius 2 is 1.87 bits per heavy atom. The van der Waals surface area contributed by atoms with Gasteiger partial charge in [0, 0.05) is 16.3 Å². The monoisotopic (exact) mass is 482 g/mol. The first-order valence-corrected chi connectivity index (χ1v) is 12.3. The molecule has 1 aromatic carbocycles. The van der Waals surface area contributed by atoms with Gasteiger partial charge < -0.3 is 10.1 Å². The third kappa shape index (κ3) is 5.66. The van der Waals surface area contributed by atoms with E-state index in [9.17, 15) is 13.2 Å². The van der Waals surface area contributed by atoms with Crippen LogP contribution in [-0.2, 0) is 24.1 Å². The summed E-state index contributed by atoms with van der Waals surface area (Å²) in [7, 11) is -3.60. The average Bonchev–Trinajstić information content (AvgIpc) is 3.10. The molecule has 2 aromatic rings. The number of benzene rings is 1. The Kier molecular flexibility index (Phi) is 7.93. The van der Waals surface area contributed by atoms with Crippen LogP contribution in [0.4, 0.5) is 0 Å². The summed E-state index contributed by atoms with van der Waals surface area (Å²) in [6.07, 6.45) is 0.101. The molecule has 1 saturated heterocycles. The number of halogens is 1. The van der Waals surface area contributed by atoms with E-state index >= 15 is 0 Å². The summed E-state index contributed by atoms with van der Waals surface area (Å²) in [5.41, 5.74) is 0.782. The second-order valence-corrected chi connectivity index (χ2v) is 11.9. The van der Waals surface area contributed by atoms with E-state index in [4.69, 9.17) is 10.00 Å². The number of hydrogen-bond donors (Lipinski definition) is 1. The molecule has 1 fully saturated rings. The minimum Gasteiger partial charge on any atom is -0.460 e. The maximum atomic E-state index is 13.4. The van der Waals surface area contributed by atoms with Gasteiger partial charge in [0.2, 0.25) is 0 Å². The summed E-state index contributed by atoms with van der Waals surface area (Å²) in [5.74, 6) is -0.541. The van der Waals surface area contributed by atoms with Crippen molar-refractivity contribution in [1.82, 2.24) is 5.32 Å². The summed E-state index contributed by atoms with van der Waals surface area (Å²) < 4.78 is 30.9. The Labute approximate surface area is 193 Å². The molecular weight excluding hydrogens is 456 g/mol. The second-order valence-electron chi connectivity index (χ2n) is 8.43. The number of ether oxygens (including phenoxy) is 1. The first-order chi connectivity index (χ1) is 14.1. The first-order valence-electron chi connectivity index (χ1n) is 9.82. The summed E-state index contributed by atoms with van der Waals surface area (Å²) in [6, 6.07) is 12.9. The fraction of sp³-hybridized carbons (Fsp3) is 0.455. The molecule has 0 radical (unpaired) electrons. The highest BCUT2D eigenvalue weighted by atomic mass is 35.5. The van der Waals surface area contributed by atoms with Crippen LogP contribution in [0.3, 0.4) is 0 Å². The molecule has 0 bridgehead atoms. The highest BCUT2D eigenvalue weighted by Gasteiger charge is 2.49. The molecule has 2 heterocycles. The van der Waals surface area contributed by atoms with Gasteiger partial charge in [-0.05, 0) is 63.6 Å². The van der Waals surface area contributed by atoms with Crippen LogP contribution in [0.25, 0.3) is 10.4 Å². The minimum atomic E-state index is -3.60. The molecule has 9 heteroatoms. The number of sulfone groups is 1. The topological polar surface area (TPSA) is 96.3 Å². The van der Waals surface area contributed by atoms with Gasteiger partial charge in [0.15, 0.2) is 9.84 Å². The molecule has 1 unspecified atom stereocenters. The number of nitrogens with one attached hydrogen (secondary N) is 1. The Hall–Kier alpha value is -1.92. The van der Waals surface area contributed by atoms with Crippen LogP contribution in [0.5, 0.6) is 0 Å². The average molecular weight is 483 g/mol. The molecule has 0 amide bonds. The van der Waals surface area contributed by atoms with Gasteiger partial charge in [0.25, 0.3) is 0 Å². The van der Waals surface area contributed by atoms with Crippen molar-refractivity contribution in [1.29, 1.82) is 5.26 Å². The number of carbonyl (C=O) groups excluding carboxylic acids is 1. The number of esters is 1. The standard InChI is InChI=1S/C22H26N2O4S2.ClH/c1-21(2,3)28-20(25)14-22(10-11-24-12-13-30(22,26)27)19-9-8-18(29-19)17-6-4-16(15-23)5-7-17;/h4-9,24H,10-14H2,1-3H3;1H. The van der Waals surface area contributed by atoms with Crippen molar-refractivity contribution in [2.75, 3.05) is 18.8 Å². The van der Waals surface area contributed by atoms with Gasteiger partial charge in [-0.3, -0.25) is 4.79 Å². The van der Waals surface area contributed by atoms with E-state index in [1.54, 1.807) is 32.9 Å². The van der Waals surface area contributed by atoms with Crippen LogP contribution >= 0.6 is 23.7 Å². The van der Waals surface area contributed by atoms with Gasteiger partial charge in [0.05, 0.1) is 23.8 Å². The van der Waals surface area contributed by atoms with Crippen molar-refractivity contribution in [3.05, 3.63) is 46.8 Å². The number of nitriles is 1. The quantitative estimate of drug-likeness (QED) is 0.660. The number of nitrogens with zero attached hydrogens (tertiary/aromatic N) is 1. The molecule has 3 rings (SSSR count). The first kappa shape index (κ1) is 25.3. The normalized spacial score (nSPS) is 20.7. The molecule has 1 atom stereocenters. The third-order valence-electron chi connectivity index (χ3n) is 5.05. The highest BCUT2D eigenvalue weighted by molar-refractivity contribution is 7.92. The van der Waals surface area contributed by atoms with Gasteiger partial charge >= 0.3 is 5.97 Å². The zero-order valence-corrected chi connectivity index (χ0v) is 20.3. The van der Waals surface area contributed by atoms with Crippen LogP contribution in [0.1, 0.15) is 44.1 Å². The Balaban J connectivity index is 0.00000341. The predicted molar refractivity (Wildman–Crippen MR) is 125 cm³/mol. The second kappa shape index (κ2) is 9.70. The van der Waals surface area contributed by atoms with E-state index in [1.807, 2.05) is 24.3 Å². The number of rotatable bonds is 4. The molecule has 6 nitrogen and oxygen atoms in total. The number of carbonyl (C=O) groups is 1. The van der Waals surface area contributed by atoms with Crippen LogP contribution < -0.4 is 5.32 Å². The molecule has 1 N–H and O–H groups in total. The van der Waals surface area contributed by atoms with E-state index in [1.165, 1.54) is 11.3 Å². The van der Waals surface area contributed by atoms with Crippen molar-refractivity contribution < 1.29 is 17.9 Å². The summed E-state index contributed by atoms with van der Waals surface area (Å²) in [6.45, 7) is 6.19. The van der Waals surface area contributed by atoms with Crippen LogP contribution in [-0.4, -0.2) is 38.8 Å². The van der Waals surface area contributed by atoms with Crippen LogP contribution in [0.15, 0.2) is 36.4 Å². The van der Waals surface area contributed by atoms with Gasteiger partial charge in [-0.25, -0.2) is 8.42 Å². The smallest absolute Gasteiger partial charge is 0.308 e. The van der Waals surface area contributed by atoms with E-state index < -0.39 is 26.2 Å². The fourth-order valence-electron chi connectivity index (χ4n) is 3.59. The Morgan fingerprint density at radius 1 is 1.19 bits per heavy atom. The van der Waals surface area contributed by atoms with Gasteiger partial charge in [0.1, 0.15) is 10.3 Å². The van der Waals surface area contributed by atoms with E-state index in [2.05, 4.69) is 11.4 Å². The van der Waals surface area contributed by atoms with Crippen molar-refractivity contribution in [2.24, 2.45) is 0 Å². The highest BCUT2D eigenvalue weighted by Crippen LogP contribution is 2.45. The van der Waals surface area contributed by atoms with E-state index in [0.717, 1.165) is 10.4 Å². The Bertz CT molecular complexity index is 1070. The van der Waals surface area contributed by atoms with E-state index in [-0.39, 0.29) is 24.6 Å². The lowest BCUT2D eigenvalue weighted by molar-refractivity contribution is -0.155. The van der Waals surface area contributed by atoms with Crippen molar-refractivity contribution in [3.8, 4) is 16.5 Å². The summed E-state index contributed by atoms with van der Waals surface area (Å²) in [5, 5.41) is 12.1. The van der Waals surface area contributed by atoms with Gasteiger partial charge in [-0.1, -0.05) is 12.1 Å². The maximum Gasteiger partial charge on any atom is 0.308 e. The minimum absolute atomic E-state index is 0. The van der Waals surface area contributed by atoms with Crippen LogP contribution in [0.2, 0.25) is 0 Å². The van der Waals surface area contributed by atoms with Crippen molar-refractivity contribution in [3.63, 3.8) is 0 Å². The number of thiophene rings is 1.